The fourth-order valence-corrected chi connectivity index (χ4v) is 3.29. The second-order valence-electron chi connectivity index (χ2n) is 7.13. The van der Waals surface area contributed by atoms with Gasteiger partial charge in [0.2, 0.25) is 5.91 Å². The van der Waals surface area contributed by atoms with E-state index < -0.39 is 0 Å². The number of aryl methyl sites for hydroxylation is 1. The van der Waals surface area contributed by atoms with Gasteiger partial charge in [0.25, 0.3) is 0 Å². The highest BCUT2D eigenvalue weighted by molar-refractivity contribution is 5.78. The SMILES string of the molecule is Cc1cccc(Nc2cccc(C3CCN(C(=O)CN(C)C)CC3)n2)n1. The number of nitrogens with zero attached hydrogens (tertiary/aromatic N) is 4. The lowest BCUT2D eigenvalue weighted by molar-refractivity contribution is -0.132. The quantitative estimate of drug-likeness (QED) is 0.896. The van der Waals surface area contributed by atoms with E-state index in [9.17, 15) is 4.79 Å². The van der Waals surface area contributed by atoms with Crippen LogP contribution in [0.2, 0.25) is 0 Å². The molecule has 138 valence electrons. The Morgan fingerprint density at radius 2 is 1.77 bits per heavy atom. The van der Waals surface area contributed by atoms with Crippen LogP contribution in [0.4, 0.5) is 11.6 Å². The van der Waals surface area contributed by atoms with E-state index in [4.69, 9.17) is 4.98 Å². The summed E-state index contributed by atoms with van der Waals surface area (Å²) in [4.78, 5) is 25.3. The van der Waals surface area contributed by atoms with Crippen LogP contribution < -0.4 is 5.32 Å². The normalized spacial score (nSPS) is 15.3. The smallest absolute Gasteiger partial charge is 0.236 e. The first-order valence-corrected chi connectivity index (χ1v) is 9.11. The fraction of sp³-hybridized carbons (Fsp3) is 0.450. The summed E-state index contributed by atoms with van der Waals surface area (Å²) in [5.41, 5.74) is 2.06. The molecule has 6 heteroatoms. The van der Waals surface area contributed by atoms with Crippen molar-refractivity contribution >= 4 is 17.5 Å². The molecule has 3 heterocycles. The number of hydrogen-bond donors (Lipinski definition) is 1. The molecule has 0 atom stereocenters. The summed E-state index contributed by atoms with van der Waals surface area (Å²) in [5, 5.41) is 3.28. The van der Waals surface area contributed by atoms with Crippen LogP contribution in [0, 0.1) is 6.92 Å². The first kappa shape index (κ1) is 18.3. The minimum Gasteiger partial charge on any atom is -0.342 e. The predicted octanol–water partition coefficient (Wildman–Crippen LogP) is 2.80. The fourth-order valence-electron chi connectivity index (χ4n) is 3.29. The zero-order valence-corrected chi connectivity index (χ0v) is 15.8. The molecule has 1 amide bonds. The first-order valence-electron chi connectivity index (χ1n) is 9.11. The highest BCUT2D eigenvalue weighted by Crippen LogP contribution is 2.28. The topological polar surface area (TPSA) is 61.4 Å². The maximum Gasteiger partial charge on any atom is 0.236 e. The third-order valence-corrected chi connectivity index (χ3v) is 4.63. The Morgan fingerprint density at radius 1 is 1.12 bits per heavy atom. The summed E-state index contributed by atoms with van der Waals surface area (Å²) in [7, 11) is 3.85. The van der Waals surface area contributed by atoms with Crippen molar-refractivity contribution in [3.8, 4) is 0 Å². The Balaban J connectivity index is 1.61. The molecular formula is C20H27N5O. The van der Waals surface area contributed by atoms with Crippen LogP contribution >= 0.6 is 0 Å². The molecule has 0 aliphatic carbocycles. The van der Waals surface area contributed by atoms with Gasteiger partial charge >= 0.3 is 0 Å². The number of aromatic nitrogens is 2. The van der Waals surface area contributed by atoms with Crippen LogP contribution in [0.15, 0.2) is 36.4 Å². The highest BCUT2D eigenvalue weighted by Gasteiger charge is 2.24. The van der Waals surface area contributed by atoms with Crippen molar-refractivity contribution in [1.82, 2.24) is 19.8 Å². The number of likely N-dealkylation sites (N-methyl/N-ethyl adjacent to an activating group) is 1. The minimum atomic E-state index is 0.211. The van der Waals surface area contributed by atoms with Gasteiger partial charge in [-0.15, -0.1) is 0 Å². The lowest BCUT2D eigenvalue weighted by Crippen LogP contribution is -2.42. The van der Waals surface area contributed by atoms with Crippen molar-refractivity contribution in [3.05, 3.63) is 47.8 Å². The molecule has 2 aromatic heterocycles. The van der Waals surface area contributed by atoms with Crippen LogP contribution in [0.1, 0.15) is 30.1 Å². The molecule has 26 heavy (non-hydrogen) atoms. The standard InChI is InChI=1S/C20H27N5O/c1-15-6-4-8-18(21-15)23-19-9-5-7-17(22-19)16-10-12-25(13-11-16)20(26)14-24(2)3/h4-9,16H,10-14H2,1-3H3,(H,21,22,23). The van der Waals surface area contributed by atoms with Gasteiger partial charge in [-0.1, -0.05) is 12.1 Å². The monoisotopic (exact) mass is 353 g/mol. The molecule has 3 rings (SSSR count). The number of anilines is 2. The van der Waals surface area contributed by atoms with Gasteiger partial charge in [0.15, 0.2) is 0 Å². The Morgan fingerprint density at radius 3 is 2.42 bits per heavy atom. The number of piperidine rings is 1. The van der Waals surface area contributed by atoms with Crippen molar-refractivity contribution in [2.75, 3.05) is 39.0 Å². The van der Waals surface area contributed by atoms with E-state index in [1.165, 1.54) is 0 Å². The van der Waals surface area contributed by atoms with Gasteiger partial charge in [0.1, 0.15) is 11.6 Å². The van der Waals surface area contributed by atoms with Crippen LogP contribution in [0.3, 0.4) is 0 Å². The Hall–Kier alpha value is -2.47. The summed E-state index contributed by atoms with van der Waals surface area (Å²) in [6, 6.07) is 12.0. The number of carbonyl (C=O) groups excluding carboxylic acids is 1. The molecular weight excluding hydrogens is 326 g/mol. The molecule has 0 aromatic carbocycles. The largest absolute Gasteiger partial charge is 0.342 e. The molecule has 1 aliphatic heterocycles. The van der Waals surface area contributed by atoms with E-state index in [1.54, 1.807) is 0 Å². The minimum absolute atomic E-state index is 0.211. The third kappa shape index (κ3) is 4.79. The molecule has 0 unspecified atom stereocenters. The zero-order valence-electron chi connectivity index (χ0n) is 15.8. The molecule has 0 bridgehead atoms. The van der Waals surface area contributed by atoms with Crippen molar-refractivity contribution < 1.29 is 4.79 Å². The summed E-state index contributed by atoms with van der Waals surface area (Å²) in [6.07, 6.45) is 1.91. The van der Waals surface area contributed by atoms with E-state index in [0.29, 0.717) is 12.5 Å². The Bertz CT molecular complexity index is 753. The van der Waals surface area contributed by atoms with E-state index in [2.05, 4.69) is 16.4 Å². The third-order valence-electron chi connectivity index (χ3n) is 4.63. The number of nitrogens with one attached hydrogen (secondary N) is 1. The number of carbonyl (C=O) groups is 1. The van der Waals surface area contributed by atoms with Crippen LogP contribution in [-0.4, -0.2) is 59.4 Å². The summed E-state index contributed by atoms with van der Waals surface area (Å²) >= 11 is 0. The molecule has 6 nitrogen and oxygen atoms in total. The Labute approximate surface area is 155 Å². The van der Waals surface area contributed by atoms with Gasteiger partial charge in [-0.05, 0) is 58.1 Å². The van der Waals surface area contributed by atoms with Gasteiger partial charge in [0, 0.05) is 30.4 Å². The predicted molar refractivity (Wildman–Crippen MR) is 104 cm³/mol. The van der Waals surface area contributed by atoms with Gasteiger partial charge < -0.3 is 15.1 Å². The number of likely N-dealkylation sites (tertiary alicyclic amines) is 1. The summed E-state index contributed by atoms with van der Waals surface area (Å²) < 4.78 is 0. The van der Waals surface area contributed by atoms with E-state index in [1.807, 2.05) is 61.2 Å². The van der Waals surface area contributed by atoms with Crippen molar-refractivity contribution in [2.24, 2.45) is 0 Å². The second-order valence-corrected chi connectivity index (χ2v) is 7.13. The molecule has 0 saturated carbocycles. The number of rotatable bonds is 5. The summed E-state index contributed by atoms with van der Waals surface area (Å²) in [5.74, 6) is 2.22. The van der Waals surface area contributed by atoms with Gasteiger partial charge in [-0.2, -0.15) is 0 Å². The zero-order chi connectivity index (χ0) is 18.5. The van der Waals surface area contributed by atoms with Gasteiger partial charge in [0.05, 0.1) is 6.54 Å². The first-order chi connectivity index (χ1) is 12.5. The number of hydrogen-bond acceptors (Lipinski definition) is 5. The number of amides is 1. The van der Waals surface area contributed by atoms with Crippen LogP contribution in [0.25, 0.3) is 0 Å². The maximum atomic E-state index is 12.2. The molecule has 0 spiro atoms. The highest BCUT2D eigenvalue weighted by atomic mass is 16.2. The molecule has 1 N–H and O–H groups in total. The molecule has 2 aromatic rings. The lowest BCUT2D eigenvalue weighted by atomic mass is 9.93. The molecule has 1 fully saturated rings. The molecule has 1 saturated heterocycles. The van der Waals surface area contributed by atoms with Crippen molar-refractivity contribution in [3.63, 3.8) is 0 Å². The van der Waals surface area contributed by atoms with Crippen molar-refractivity contribution in [2.45, 2.75) is 25.7 Å². The van der Waals surface area contributed by atoms with Gasteiger partial charge in [-0.25, -0.2) is 9.97 Å². The molecule has 1 aliphatic rings. The van der Waals surface area contributed by atoms with Crippen molar-refractivity contribution in [1.29, 1.82) is 0 Å². The second kappa shape index (κ2) is 8.27. The van der Waals surface area contributed by atoms with E-state index >= 15 is 0 Å². The van der Waals surface area contributed by atoms with Crippen LogP contribution in [0.5, 0.6) is 0 Å². The molecule has 0 radical (unpaired) electrons. The van der Waals surface area contributed by atoms with E-state index in [0.717, 1.165) is 49.0 Å². The van der Waals surface area contributed by atoms with E-state index in [-0.39, 0.29) is 5.91 Å². The average Bonchev–Trinajstić information content (AvgIpc) is 2.61. The average molecular weight is 353 g/mol. The maximum absolute atomic E-state index is 12.2. The summed E-state index contributed by atoms with van der Waals surface area (Å²) in [6.45, 7) is 4.05. The lowest BCUT2D eigenvalue weighted by Gasteiger charge is -2.32. The van der Waals surface area contributed by atoms with Gasteiger partial charge in [-0.3, -0.25) is 4.79 Å². The number of pyridine rings is 2. The Kier molecular flexibility index (Phi) is 5.83. The van der Waals surface area contributed by atoms with Crippen LogP contribution in [-0.2, 0) is 4.79 Å².